The lowest BCUT2D eigenvalue weighted by Crippen LogP contribution is -2.68. The van der Waals surface area contributed by atoms with Gasteiger partial charge in [0.25, 0.3) is 0 Å². The third-order valence-electron chi connectivity index (χ3n) is 0.799. The van der Waals surface area contributed by atoms with Gasteiger partial charge in [-0.3, -0.25) is 4.84 Å². The molecule has 11 heavy (non-hydrogen) atoms. The number of halogens is 1. The Morgan fingerprint density at radius 1 is 1.36 bits per heavy atom. The van der Waals surface area contributed by atoms with Gasteiger partial charge < -0.3 is 0 Å². The molecule has 0 saturated heterocycles. The Morgan fingerprint density at radius 2 is 1.82 bits per heavy atom. The molecule has 0 N–H and O–H groups in total. The molecule has 0 aliphatic carbocycles. The van der Waals surface area contributed by atoms with Crippen molar-refractivity contribution in [1.82, 2.24) is 0 Å². The van der Waals surface area contributed by atoms with E-state index in [1.165, 1.54) is 0 Å². The van der Waals surface area contributed by atoms with Crippen molar-refractivity contribution in [1.29, 1.82) is 0 Å². The highest BCUT2D eigenvalue weighted by molar-refractivity contribution is 5.51. The summed E-state index contributed by atoms with van der Waals surface area (Å²) in [5.74, 6) is 0. The van der Waals surface area contributed by atoms with Crippen molar-refractivity contribution >= 4 is 6.21 Å². The van der Waals surface area contributed by atoms with Gasteiger partial charge in [0.15, 0.2) is 19.9 Å². The van der Waals surface area contributed by atoms with Gasteiger partial charge in [0.05, 0.1) is 6.42 Å². The van der Waals surface area contributed by atoms with E-state index in [0.29, 0.717) is 0 Å². The topological polar surface area (TPSA) is 104 Å². The molecule has 0 aromatic heterocycles. The quantitative estimate of drug-likeness (QED) is 0.353. The van der Waals surface area contributed by atoms with Crippen molar-refractivity contribution in [3.05, 3.63) is 0 Å². The van der Waals surface area contributed by atoms with E-state index >= 15 is 0 Å². The summed E-state index contributed by atoms with van der Waals surface area (Å²) < 4.78 is 35.7. The summed E-state index contributed by atoms with van der Waals surface area (Å²) in [6, 6.07) is 0. The fourth-order valence-electron chi connectivity index (χ4n) is 0.484. The Labute approximate surface area is 65.6 Å². The lowest BCUT2D eigenvalue weighted by atomic mass is 10.5. The van der Waals surface area contributed by atoms with Crippen LogP contribution in [0, 0.1) is 10.2 Å². The van der Waals surface area contributed by atoms with Gasteiger partial charge in [0, 0.05) is 0 Å². The molecule has 0 aromatic carbocycles. The first-order chi connectivity index (χ1) is 4.89. The van der Waals surface area contributed by atoms with Crippen LogP contribution in [0.4, 0.5) is 0 Å². The van der Waals surface area contributed by atoms with Crippen LogP contribution in [0.3, 0.4) is 0 Å². The van der Waals surface area contributed by atoms with Crippen molar-refractivity contribution in [2.24, 2.45) is 0 Å². The zero-order valence-corrected chi connectivity index (χ0v) is 6.61. The van der Waals surface area contributed by atoms with E-state index in [0.717, 1.165) is 13.0 Å². The fourth-order valence-corrected chi connectivity index (χ4v) is 0.484. The third-order valence-corrected chi connectivity index (χ3v) is 0.799. The molecule has 0 aromatic rings. The first-order valence-electron chi connectivity index (χ1n) is 2.70. The molecule has 0 radical (unpaired) electrons. The molecule has 0 atom stereocenters. The van der Waals surface area contributed by atoms with Crippen molar-refractivity contribution in [3.8, 4) is 0 Å². The molecule has 0 unspecified atom stereocenters. The average Bonchev–Trinajstić information content (AvgIpc) is 2.12. The average molecular weight is 186 g/mol. The molecular formula is C4H8ClNO5. The first kappa shape index (κ1) is 10.6. The highest BCUT2D eigenvalue weighted by atomic mass is 35.7. The molecule has 6 nitrogen and oxygen atoms in total. The smallest absolute Gasteiger partial charge is 0.195 e. The molecule has 1 aliphatic heterocycles. The van der Waals surface area contributed by atoms with Crippen molar-refractivity contribution in [2.75, 3.05) is 13.7 Å². The Hall–Kier alpha value is -0.400. The van der Waals surface area contributed by atoms with Gasteiger partial charge in [-0.1, -0.05) is 0 Å². The summed E-state index contributed by atoms with van der Waals surface area (Å²) in [5, 5.41) is 0. The summed E-state index contributed by atoms with van der Waals surface area (Å²) in [7, 11) is -3.05. The number of hydroxylamine groups is 1. The van der Waals surface area contributed by atoms with Crippen LogP contribution in [0.5, 0.6) is 0 Å². The van der Waals surface area contributed by atoms with E-state index in [9.17, 15) is 0 Å². The first-order valence-corrected chi connectivity index (χ1v) is 3.94. The molecule has 1 aliphatic rings. The van der Waals surface area contributed by atoms with Crippen LogP contribution in [0.2, 0.25) is 0 Å². The zero-order valence-electron chi connectivity index (χ0n) is 5.86. The van der Waals surface area contributed by atoms with Crippen molar-refractivity contribution in [3.63, 3.8) is 0 Å². The van der Waals surface area contributed by atoms with E-state index < -0.39 is 10.2 Å². The van der Waals surface area contributed by atoms with Crippen LogP contribution in [0.25, 0.3) is 0 Å². The highest BCUT2D eigenvalue weighted by Gasteiger charge is 2.03. The van der Waals surface area contributed by atoms with Crippen molar-refractivity contribution in [2.45, 2.75) is 6.42 Å². The summed E-state index contributed by atoms with van der Waals surface area (Å²) in [6.45, 7) is 0.858. The van der Waals surface area contributed by atoms with E-state index in [1.54, 1.807) is 4.74 Å². The van der Waals surface area contributed by atoms with Crippen LogP contribution in [0.15, 0.2) is 0 Å². The van der Waals surface area contributed by atoms with E-state index in [1.807, 2.05) is 13.3 Å². The van der Waals surface area contributed by atoms with Crippen LogP contribution < -0.4 is 18.6 Å². The molecule has 7 heteroatoms. The lowest BCUT2D eigenvalue weighted by Gasteiger charge is -2.17. The van der Waals surface area contributed by atoms with Crippen LogP contribution in [0.1, 0.15) is 6.42 Å². The Balaban J connectivity index is 0.000000187. The second-order valence-electron chi connectivity index (χ2n) is 1.73. The Kier molecular flexibility index (Phi) is 4.31. The maximum absolute atomic E-state index is 8.49. The minimum Gasteiger partial charge on any atom is -0.277 e. The third kappa shape index (κ3) is 12.7. The molecule has 66 valence electrons. The van der Waals surface area contributed by atoms with Gasteiger partial charge in [-0.05, 0) is 4.74 Å². The molecular weight excluding hydrogens is 177 g/mol. The van der Waals surface area contributed by atoms with E-state index in [-0.39, 0.29) is 0 Å². The maximum Gasteiger partial charge on any atom is 0.195 e. The summed E-state index contributed by atoms with van der Waals surface area (Å²) in [4.78, 5) is 4.93. The van der Waals surface area contributed by atoms with Crippen LogP contribution in [-0.4, -0.2) is 24.6 Å². The van der Waals surface area contributed by atoms with Gasteiger partial charge in [-0.2, -0.15) is 0 Å². The minimum atomic E-state index is -4.94. The summed E-state index contributed by atoms with van der Waals surface area (Å²) >= 11 is 0. The molecule has 0 fully saturated rings. The van der Waals surface area contributed by atoms with Gasteiger partial charge in [0.2, 0.25) is 0 Å². The van der Waals surface area contributed by atoms with Gasteiger partial charge in [0.1, 0.15) is 0 Å². The van der Waals surface area contributed by atoms with E-state index in [4.69, 9.17) is 23.5 Å². The molecule has 0 bridgehead atoms. The molecule has 0 spiro atoms. The number of nitrogens with zero attached hydrogens (tertiary/aromatic N) is 1. The standard InChI is InChI=1S/C4H8NO.ClHO4/c1-5-3-2-4-6-5;2-1(3,4)5/h3H,2,4H2,1H3;(H,2,3,4,5)/q+1;/p-1. The second kappa shape index (κ2) is 4.47. The highest BCUT2D eigenvalue weighted by Crippen LogP contribution is 1.85. The summed E-state index contributed by atoms with van der Waals surface area (Å²) in [6.07, 6.45) is 3.08. The molecule has 0 saturated carbocycles. The van der Waals surface area contributed by atoms with Gasteiger partial charge in [-0.15, -0.1) is 10.2 Å². The molecule has 1 heterocycles. The van der Waals surface area contributed by atoms with Crippen LogP contribution in [-0.2, 0) is 4.84 Å². The minimum absolute atomic E-state index is 0.858. The van der Waals surface area contributed by atoms with Crippen molar-refractivity contribution < 1.29 is 38.5 Å². The summed E-state index contributed by atoms with van der Waals surface area (Å²) in [5.41, 5.74) is 0. The van der Waals surface area contributed by atoms with Gasteiger partial charge in [-0.25, -0.2) is 18.6 Å². The maximum atomic E-state index is 8.49. The fraction of sp³-hybridized carbons (Fsp3) is 0.750. The SMILES string of the molecule is C[N+]1=CCCO1.[O-][Cl+3]([O-])([O-])[O-]. The lowest BCUT2D eigenvalue weighted by molar-refractivity contribution is -2.00. The Bertz CT molecular complexity index is 136. The molecule has 1 rings (SSSR count). The predicted octanol–water partition coefficient (Wildman–Crippen LogP) is -4.72. The monoisotopic (exact) mass is 185 g/mol. The number of hydrogen-bond donors (Lipinski definition) is 0. The number of hydrogen-bond acceptors (Lipinski definition) is 5. The Morgan fingerprint density at radius 3 is 1.91 bits per heavy atom. The molecule has 0 amide bonds. The predicted molar refractivity (Wildman–Crippen MR) is 22.8 cm³/mol. The second-order valence-corrected chi connectivity index (χ2v) is 2.48. The number of rotatable bonds is 0. The van der Waals surface area contributed by atoms with Gasteiger partial charge >= 0.3 is 0 Å². The normalized spacial score (nSPS) is 16.3. The van der Waals surface area contributed by atoms with E-state index in [2.05, 4.69) is 0 Å². The largest absolute Gasteiger partial charge is 0.277 e. The zero-order chi connectivity index (χ0) is 8.91. The van der Waals surface area contributed by atoms with Crippen LogP contribution >= 0.6 is 0 Å².